The fraction of sp³-hybridized carbons (Fsp3) is 0.364. The number of pyridine rings is 1. The van der Waals surface area contributed by atoms with Crippen LogP contribution in [0.25, 0.3) is 22.1 Å². The van der Waals surface area contributed by atoms with Gasteiger partial charge in [-0.2, -0.15) is 0 Å². The van der Waals surface area contributed by atoms with Gasteiger partial charge in [0.1, 0.15) is 16.9 Å². The molecule has 3 aromatic heterocycles. The lowest BCUT2D eigenvalue weighted by atomic mass is 9.99. The van der Waals surface area contributed by atoms with Crippen molar-refractivity contribution in [1.29, 1.82) is 0 Å². The number of aliphatic hydroxyl groups excluding tert-OH is 1. The summed E-state index contributed by atoms with van der Waals surface area (Å²) >= 11 is 0. The average Bonchev–Trinajstić information content (AvgIpc) is 3.35. The Labute approximate surface area is 180 Å². The van der Waals surface area contributed by atoms with Gasteiger partial charge in [0.05, 0.1) is 11.1 Å². The zero-order valence-electron chi connectivity index (χ0n) is 17.6. The fourth-order valence-electron chi connectivity index (χ4n) is 4.39. The molecule has 0 aliphatic carbocycles. The third-order valence-electron chi connectivity index (χ3n) is 6.14. The Bertz CT molecular complexity index is 1360. The first kappa shape index (κ1) is 20.0. The van der Waals surface area contributed by atoms with Crippen molar-refractivity contribution in [3.63, 3.8) is 0 Å². The fourth-order valence-corrected chi connectivity index (χ4v) is 5.69. The lowest BCUT2D eigenvalue weighted by molar-refractivity contribution is 0.196. The van der Waals surface area contributed by atoms with Crippen LogP contribution in [0.1, 0.15) is 24.2 Å². The number of aromatic nitrogens is 4. The summed E-state index contributed by atoms with van der Waals surface area (Å²) in [7, 11) is -3.77. The second-order valence-corrected chi connectivity index (χ2v) is 10.0. The molecule has 1 aliphatic rings. The van der Waals surface area contributed by atoms with Gasteiger partial charge in [0.15, 0.2) is 5.65 Å². The molecule has 4 aromatic rings. The third-order valence-corrected chi connectivity index (χ3v) is 7.82. The standard InChI is InChI=1S/C22H25N5O3S/c1-15-3-5-18(6-4-15)31(29,30)26-12-9-19-21-20(13-23-22(19)26)24-16(2)27(21)25-10-7-17(14-28)8-11-25/h3-6,9,12-13,17,28H,7-8,10-11,14H2,1-2H3. The smallest absolute Gasteiger partial charge is 0.269 e. The summed E-state index contributed by atoms with van der Waals surface area (Å²) in [5, 5.41) is 12.4. The highest BCUT2D eigenvalue weighted by atomic mass is 32.2. The molecule has 5 rings (SSSR count). The van der Waals surface area contributed by atoms with E-state index in [1.165, 1.54) is 3.97 Å². The predicted octanol–water partition coefficient (Wildman–Crippen LogP) is 2.58. The minimum Gasteiger partial charge on any atom is -0.396 e. The van der Waals surface area contributed by atoms with Crippen molar-refractivity contribution in [2.45, 2.75) is 31.6 Å². The van der Waals surface area contributed by atoms with Crippen LogP contribution in [0.15, 0.2) is 47.6 Å². The lowest BCUT2D eigenvalue weighted by Gasteiger charge is -2.34. The number of hydrogen-bond donors (Lipinski definition) is 1. The Balaban J connectivity index is 1.65. The first-order valence-corrected chi connectivity index (χ1v) is 11.9. The van der Waals surface area contributed by atoms with Crippen molar-refractivity contribution in [3.05, 3.63) is 54.1 Å². The molecule has 1 N–H and O–H groups in total. The Kier molecular flexibility index (Phi) is 4.75. The molecule has 0 atom stereocenters. The first-order chi connectivity index (χ1) is 14.9. The van der Waals surface area contributed by atoms with Gasteiger partial charge in [-0.3, -0.25) is 0 Å². The summed E-state index contributed by atoms with van der Waals surface area (Å²) < 4.78 is 29.9. The minimum absolute atomic E-state index is 0.214. The molecule has 162 valence electrons. The predicted molar refractivity (Wildman–Crippen MR) is 119 cm³/mol. The molecule has 0 spiro atoms. The molecule has 0 saturated carbocycles. The van der Waals surface area contributed by atoms with E-state index in [9.17, 15) is 13.5 Å². The molecule has 8 nitrogen and oxygen atoms in total. The Morgan fingerprint density at radius 1 is 1.10 bits per heavy atom. The number of aryl methyl sites for hydroxylation is 2. The molecule has 1 aromatic carbocycles. The van der Waals surface area contributed by atoms with Crippen LogP contribution >= 0.6 is 0 Å². The quantitative estimate of drug-likeness (QED) is 0.525. The zero-order chi connectivity index (χ0) is 21.8. The van der Waals surface area contributed by atoms with Crippen molar-refractivity contribution in [3.8, 4) is 0 Å². The van der Waals surface area contributed by atoms with Crippen LogP contribution in [-0.2, 0) is 10.0 Å². The van der Waals surface area contributed by atoms with E-state index < -0.39 is 10.0 Å². The highest BCUT2D eigenvalue weighted by Gasteiger charge is 2.25. The molecule has 0 radical (unpaired) electrons. The largest absolute Gasteiger partial charge is 0.396 e. The average molecular weight is 440 g/mol. The second kappa shape index (κ2) is 7.35. The van der Waals surface area contributed by atoms with Crippen molar-refractivity contribution in [2.75, 3.05) is 24.7 Å². The highest BCUT2D eigenvalue weighted by molar-refractivity contribution is 7.90. The molecule has 0 amide bonds. The maximum Gasteiger partial charge on any atom is 0.269 e. The molecule has 1 saturated heterocycles. The maximum atomic E-state index is 13.3. The molecule has 4 heterocycles. The van der Waals surface area contributed by atoms with E-state index in [4.69, 9.17) is 0 Å². The zero-order valence-corrected chi connectivity index (χ0v) is 18.4. The van der Waals surface area contributed by atoms with Gasteiger partial charge in [0.25, 0.3) is 10.0 Å². The van der Waals surface area contributed by atoms with Crippen molar-refractivity contribution >= 4 is 32.1 Å². The van der Waals surface area contributed by atoms with Crippen molar-refractivity contribution in [1.82, 2.24) is 18.6 Å². The number of benzene rings is 1. The van der Waals surface area contributed by atoms with Gasteiger partial charge in [0.2, 0.25) is 0 Å². The van der Waals surface area contributed by atoms with E-state index in [1.807, 2.05) is 13.8 Å². The number of imidazole rings is 1. The van der Waals surface area contributed by atoms with Crippen LogP contribution < -0.4 is 5.01 Å². The second-order valence-electron chi connectivity index (χ2n) is 8.21. The lowest BCUT2D eigenvalue weighted by Crippen LogP contribution is -2.42. The van der Waals surface area contributed by atoms with Crippen LogP contribution in [-0.4, -0.2) is 51.8 Å². The monoisotopic (exact) mass is 439 g/mol. The number of hydrogen-bond acceptors (Lipinski definition) is 6. The van der Waals surface area contributed by atoms with Gasteiger partial charge in [-0.05, 0) is 50.8 Å². The van der Waals surface area contributed by atoms with Gasteiger partial charge in [-0.25, -0.2) is 27.0 Å². The van der Waals surface area contributed by atoms with Gasteiger partial charge in [-0.15, -0.1) is 0 Å². The van der Waals surface area contributed by atoms with Gasteiger partial charge in [-0.1, -0.05) is 17.7 Å². The first-order valence-electron chi connectivity index (χ1n) is 10.4. The van der Waals surface area contributed by atoms with Gasteiger partial charge >= 0.3 is 0 Å². The number of nitrogens with zero attached hydrogens (tertiary/aromatic N) is 5. The topological polar surface area (TPSA) is 93.2 Å². The summed E-state index contributed by atoms with van der Waals surface area (Å²) in [6.45, 7) is 5.70. The molecular weight excluding hydrogens is 414 g/mol. The third kappa shape index (κ3) is 3.19. The van der Waals surface area contributed by atoms with Gasteiger partial charge < -0.3 is 10.1 Å². The van der Waals surface area contributed by atoms with Crippen LogP contribution in [0.2, 0.25) is 0 Å². The molecule has 9 heteroatoms. The summed E-state index contributed by atoms with van der Waals surface area (Å²) in [5.41, 5.74) is 2.99. The molecule has 31 heavy (non-hydrogen) atoms. The molecular formula is C22H25N5O3S. The Hall–Kier alpha value is -2.91. The van der Waals surface area contributed by atoms with Crippen molar-refractivity contribution < 1.29 is 13.5 Å². The molecule has 0 bridgehead atoms. The van der Waals surface area contributed by atoms with E-state index in [-0.39, 0.29) is 11.5 Å². The van der Waals surface area contributed by atoms with Crippen LogP contribution in [0.4, 0.5) is 0 Å². The Morgan fingerprint density at radius 3 is 2.48 bits per heavy atom. The van der Waals surface area contributed by atoms with Crippen molar-refractivity contribution in [2.24, 2.45) is 5.92 Å². The van der Waals surface area contributed by atoms with E-state index in [2.05, 4.69) is 19.7 Å². The van der Waals surface area contributed by atoms with E-state index in [0.29, 0.717) is 11.6 Å². The molecule has 1 fully saturated rings. The SMILES string of the molecule is Cc1ccc(S(=O)(=O)n2ccc3c2ncc2nc(C)n(N4CCC(CO)CC4)c23)cc1. The summed E-state index contributed by atoms with van der Waals surface area (Å²) in [4.78, 5) is 9.36. The molecule has 1 aliphatic heterocycles. The van der Waals surface area contributed by atoms with Crippen LogP contribution in [0.3, 0.4) is 0 Å². The number of rotatable bonds is 4. The summed E-state index contributed by atoms with van der Waals surface area (Å²) in [6.07, 6.45) is 5.03. The van der Waals surface area contributed by atoms with Crippen LogP contribution in [0.5, 0.6) is 0 Å². The minimum atomic E-state index is -3.77. The summed E-state index contributed by atoms with van der Waals surface area (Å²) in [6, 6.07) is 8.62. The van der Waals surface area contributed by atoms with E-state index >= 15 is 0 Å². The number of piperidine rings is 1. The number of fused-ring (bicyclic) bond motifs is 3. The van der Waals surface area contributed by atoms with Gasteiger partial charge in [0, 0.05) is 31.3 Å². The Morgan fingerprint density at radius 2 is 1.81 bits per heavy atom. The summed E-state index contributed by atoms with van der Waals surface area (Å²) in [5.74, 6) is 1.16. The normalized spacial score (nSPS) is 15.9. The van der Waals surface area contributed by atoms with E-state index in [0.717, 1.165) is 53.7 Å². The molecule has 0 unspecified atom stereocenters. The highest BCUT2D eigenvalue weighted by Crippen LogP contribution is 2.29. The maximum absolute atomic E-state index is 13.3. The van der Waals surface area contributed by atoms with E-state index in [1.54, 1.807) is 42.7 Å². The van der Waals surface area contributed by atoms with Crippen LogP contribution in [0, 0.1) is 19.8 Å². The number of aliphatic hydroxyl groups is 1.